The van der Waals surface area contributed by atoms with E-state index in [1.54, 1.807) is 23.9 Å². The lowest BCUT2D eigenvalue weighted by molar-refractivity contribution is 0.367. The number of fused-ring (bicyclic) bond motifs is 1. The molecule has 4 aromatic rings. The molecule has 1 aromatic heterocycles. The van der Waals surface area contributed by atoms with Crippen LogP contribution in [-0.4, -0.2) is 16.9 Å². The Morgan fingerprint density at radius 2 is 1.73 bits per heavy atom. The van der Waals surface area contributed by atoms with Crippen molar-refractivity contribution in [3.05, 3.63) is 107 Å². The zero-order chi connectivity index (χ0) is 22.9. The number of hydrogen-bond donors (Lipinski definition) is 1. The van der Waals surface area contributed by atoms with Crippen LogP contribution in [0, 0.1) is 17.1 Å². The lowest BCUT2D eigenvalue weighted by atomic mass is 9.83. The molecule has 0 amide bonds. The number of nitriles is 1. The van der Waals surface area contributed by atoms with Crippen LogP contribution in [0.3, 0.4) is 0 Å². The topological polar surface area (TPSA) is 86.1 Å². The highest BCUT2D eigenvalue weighted by molar-refractivity contribution is 5.72. The third-order valence-electron chi connectivity index (χ3n) is 5.62. The number of methoxy groups -OCH3 is 1. The molecule has 0 bridgehead atoms. The minimum atomic E-state index is -0.575. The van der Waals surface area contributed by atoms with Gasteiger partial charge in [0.15, 0.2) is 0 Å². The van der Waals surface area contributed by atoms with Gasteiger partial charge in [-0.1, -0.05) is 30.3 Å². The van der Waals surface area contributed by atoms with Crippen LogP contribution in [0.2, 0.25) is 0 Å². The summed E-state index contributed by atoms with van der Waals surface area (Å²) in [6.07, 6.45) is 0. The second-order valence-corrected chi connectivity index (χ2v) is 7.52. The van der Waals surface area contributed by atoms with Crippen molar-refractivity contribution in [1.29, 1.82) is 5.26 Å². The van der Waals surface area contributed by atoms with Gasteiger partial charge in [0.2, 0.25) is 11.8 Å². The van der Waals surface area contributed by atoms with Crippen molar-refractivity contribution < 1.29 is 13.9 Å². The summed E-state index contributed by atoms with van der Waals surface area (Å²) in [5.41, 5.74) is 10.1. The van der Waals surface area contributed by atoms with Crippen LogP contribution in [0.4, 0.5) is 4.39 Å². The Morgan fingerprint density at radius 1 is 1.03 bits per heavy atom. The molecule has 1 unspecified atom stereocenters. The number of nitrogens with two attached hydrogens (primary N) is 1. The van der Waals surface area contributed by atoms with E-state index < -0.39 is 5.92 Å². The molecule has 1 aliphatic heterocycles. The van der Waals surface area contributed by atoms with E-state index in [-0.39, 0.29) is 17.3 Å². The lowest BCUT2D eigenvalue weighted by Crippen LogP contribution is -2.22. The lowest BCUT2D eigenvalue weighted by Gasteiger charge is -2.25. The second kappa shape index (κ2) is 8.17. The maximum atomic E-state index is 13.7. The molecule has 0 spiro atoms. The largest absolute Gasteiger partial charge is 0.497 e. The van der Waals surface area contributed by atoms with Crippen molar-refractivity contribution in [3.8, 4) is 34.6 Å². The normalized spacial score (nSPS) is 14.9. The quantitative estimate of drug-likeness (QED) is 0.490. The molecule has 3 aromatic carbocycles. The van der Waals surface area contributed by atoms with Gasteiger partial charge in [0.25, 0.3) is 0 Å². The highest BCUT2D eigenvalue weighted by Crippen LogP contribution is 2.47. The summed E-state index contributed by atoms with van der Waals surface area (Å²) in [6.45, 7) is 0. The number of aromatic nitrogens is 2. The molecular weight excluding hydrogens is 419 g/mol. The van der Waals surface area contributed by atoms with Gasteiger partial charge in [-0.2, -0.15) is 15.0 Å². The number of para-hydroxylation sites is 1. The summed E-state index contributed by atoms with van der Waals surface area (Å²) >= 11 is 0. The van der Waals surface area contributed by atoms with Gasteiger partial charge in [-0.05, 0) is 54.1 Å². The summed E-state index contributed by atoms with van der Waals surface area (Å²) in [5, 5.41) is 14.8. The van der Waals surface area contributed by atoms with Crippen LogP contribution < -0.4 is 15.2 Å². The van der Waals surface area contributed by atoms with Crippen LogP contribution in [0.15, 0.2) is 90.3 Å². The van der Waals surface area contributed by atoms with Crippen LogP contribution in [0.5, 0.6) is 11.6 Å². The van der Waals surface area contributed by atoms with E-state index in [2.05, 4.69) is 6.07 Å². The zero-order valence-corrected chi connectivity index (χ0v) is 17.7. The number of hydrogen-bond acceptors (Lipinski definition) is 5. The van der Waals surface area contributed by atoms with Gasteiger partial charge in [-0.3, -0.25) is 0 Å². The Kier molecular flexibility index (Phi) is 5.04. The van der Waals surface area contributed by atoms with Crippen molar-refractivity contribution >= 4 is 0 Å². The van der Waals surface area contributed by atoms with Crippen molar-refractivity contribution in [3.63, 3.8) is 0 Å². The van der Waals surface area contributed by atoms with Crippen molar-refractivity contribution in [2.45, 2.75) is 5.92 Å². The van der Waals surface area contributed by atoms with Crippen molar-refractivity contribution in [1.82, 2.24) is 9.78 Å². The molecule has 0 radical (unpaired) electrons. The first kappa shape index (κ1) is 20.3. The molecule has 6 nitrogen and oxygen atoms in total. The van der Waals surface area contributed by atoms with Gasteiger partial charge in [0.05, 0.1) is 24.3 Å². The Balaban J connectivity index is 1.80. The van der Waals surface area contributed by atoms with E-state index in [4.69, 9.17) is 20.3 Å². The highest BCUT2D eigenvalue weighted by atomic mass is 19.1. The third-order valence-corrected chi connectivity index (χ3v) is 5.62. The monoisotopic (exact) mass is 438 g/mol. The van der Waals surface area contributed by atoms with Gasteiger partial charge in [-0.25, -0.2) is 4.39 Å². The van der Waals surface area contributed by atoms with E-state index in [0.717, 1.165) is 11.3 Å². The molecule has 1 atom stereocenters. The molecule has 33 heavy (non-hydrogen) atoms. The van der Waals surface area contributed by atoms with Gasteiger partial charge < -0.3 is 15.2 Å². The minimum Gasteiger partial charge on any atom is -0.497 e. The average Bonchev–Trinajstić information content (AvgIpc) is 3.23. The number of ether oxygens (including phenoxy) is 2. The van der Waals surface area contributed by atoms with Crippen molar-refractivity contribution in [2.24, 2.45) is 5.73 Å². The number of allylic oxidation sites excluding steroid dienone is 1. The molecule has 162 valence electrons. The summed E-state index contributed by atoms with van der Waals surface area (Å²) in [7, 11) is 1.60. The summed E-state index contributed by atoms with van der Waals surface area (Å²) in [5.74, 6) is 0.185. The van der Waals surface area contributed by atoms with Crippen LogP contribution >= 0.6 is 0 Å². The Labute approximate surface area is 189 Å². The summed E-state index contributed by atoms with van der Waals surface area (Å²) in [4.78, 5) is 0. The van der Waals surface area contributed by atoms with E-state index in [1.807, 2.05) is 54.6 Å². The van der Waals surface area contributed by atoms with E-state index in [9.17, 15) is 9.65 Å². The van der Waals surface area contributed by atoms with Crippen molar-refractivity contribution in [2.75, 3.05) is 7.11 Å². The maximum Gasteiger partial charge on any atom is 0.229 e. The van der Waals surface area contributed by atoms with Crippen LogP contribution in [0.1, 0.15) is 17.0 Å². The molecule has 5 rings (SSSR count). The molecule has 0 saturated heterocycles. The standard InChI is InChI=1S/C26H19FN4O2/c1-32-20-13-9-17(10-14-20)24-23-22(16-7-11-18(27)12-8-16)21(15-28)25(29)33-26(23)31(30-24)19-5-3-2-4-6-19/h2-14,22H,29H2,1H3. The first-order valence-corrected chi connectivity index (χ1v) is 10.3. The Morgan fingerprint density at radius 3 is 2.36 bits per heavy atom. The predicted octanol–water partition coefficient (Wildman–Crippen LogP) is 4.91. The zero-order valence-electron chi connectivity index (χ0n) is 17.7. The fourth-order valence-electron chi connectivity index (χ4n) is 4.03. The fourth-order valence-corrected chi connectivity index (χ4v) is 4.03. The number of benzene rings is 3. The number of halogens is 1. The molecule has 2 N–H and O–H groups in total. The third kappa shape index (κ3) is 3.48. The molecular formula is C26H19FN4O2. The van der Waals surface area contributed by atoms with E-state index in [0.29, 0.717) is 28.5 Å². The maximum absolute atomic E-state index is 13.7. The van der Waals surface area contributed by atoms with E-state index >= 15 is 0 Å². The summed E-state index contributed by atoms with van der Waals surface area (Å²) in [6, 6.07) is 25.2. The number of rotatable bonds is 4. The number of nitrogens with zero attached hydrogens (tertiary/aromatic N) is 3. The highest BCUT2D eigenvalue weighted by Gasteiger charge is 2.37. The average molecular weight is 438 g/mol. The Hall–Kier alpha value is -4.57. The van der Waals surface area contributed by atoms with E-state index in [1.165, 1.54) is 12.1 Å². The van der Waals surface area contributed by atoms with Gasteiger partial charge in [-0.15, -0.1) is 0 Å². The summed E-state index contributed by atoms with van der Waals surface area (Å²) < 4.78 is 26.6. The first-order valence-electron chi connectivity index (χ1n) is 10.3. The van der Waals surface area contributed by atoms with Crippen LogP contribution in [0.25, 0.3) is 16.9 Å². The van der Waals surface area contributed by atoms with Crippen LogP contribution in [-0.2, 0) is 0 Å². The molecule has 0 saturated carbocycles. The molecule has 0 aliphatic carbocycles. The molecule has 0 fully saturated rings. The van der Waals surface area contributed by atoms with Gasteiger partial charge in [0, 0.05) is 5.56 Å². The SMILES string of the molecule is COc1ccc(-c2nn(-c3ccccc3)c3c2C(c2ccc(F)cc2)C(C#N)=C(N)O3)cc1. The van der Waals surface area contributed by atoms with Gasteiger partial charge >= 0.3 is 0 Å². The molecule has 1 aliphatic rings. The fraction of sp³-hybridized carbons (Fsp3) is 0.0769. The second-order valence-electron chi connectivity index (χ2n) is 7.52. The smallest absolute Gasteiger partial charge is 0.229 e. The van der Waals surface area contributed by atoms with Gasteiger partial charge in [0.1, 0.15) is 28.9 Å². The minimum absolute atomic E-state index is 0.00214. The Bertz CT molecular complexity index is 1390. The predicted molar refractivity (Wildman–Crippen MR) is 121 cm³/mol. The molecule has 7 heteroatoms. The first-order chi connectivity index (χ1) is 16.1. The molecule has 2 heterocycles.